The summed E-state index contributed by atoms with van der Waals surface area (Å²) >= 11 is 0. The van der Waals surface area contributed by atoms with E-state index < -0.39 is 6.10 Å². The maximum atomic E-state index is 11.0. The Morgan fingerprint density at radius 1 is 1.46 bits per heavy atom. The second-order valence-electron chi connectivity index (χ2n) is 6.55. The number of hydrogen-bond acceptors (Lipinski definition) is 4. The predicted octanol–water partition coefficient (Wildman–Crippen LogP) is 3.47. The molecule has 0 aliphatic carbocycles. The highest BCUT2D eigenvalue weighted by molar-refractivity contribution is 5.83. The summed E-state index contributed by atoms with van der Waals surface area (Å²) in [5, 5.41) is 15.5. The average molecular weight is 326 g/mol. The molecule has 1 aliphatic rings. The quantitative estimate of drug-likeness (QED) is 0.826. The number of fused-ring (bicyclic) bond motifs is 1. The molecule has 0 bridgehead atoms. The molecule has 4 heteroatoms. The normalized spacial score (nSPS) is 25.4. The Labute approximate surface area is 143 Å². The van der Waals surface area contributed by atoms with Gasteiger partial charge in [0.2, 0.25) is 0 Å². The monoisotopic (exact) mass is 326 g/mol. The molecule has 2 aromatic rings. The third-order valence-corrected chi connectivity index (χ3v) is 5.29. The van der Waals surface area contributed by atoms with Gasteiger partial charge in [0.25, 0.3) is 0 Å². The number of benzene rings is 1. The van der Waals surface area contributed by atoms with Gasteiger partial charge in [-0.15, -0.1) is 6.58 Å². The molecule has 0 radical (unpaired) electrons. The van der Waals surface area contributed by atoms with Gasteiger partial charge in [0.15, 0.2) is 0 Å². The summed E-state index contributed by atoms with van der Waals surface area (Å²) in [4.78, 5) is 4.40. The zero-order valence-electron chi connectivity index (χ0n) is 14.4. The molecule has 4 nitrogen and oxygen atoms in total. The minimum absolute atomic E-state index is 0.0444. The first-order valence-electron chi connectivity index (χ1n) is 8.64. The standard InChI is InChI=1S/C20H26N2O2/c1-4-13-10-19(22-12-14(13)5-2)20(23)16-8-9-21-18-7-6-15(24-3)11-17(16)18/h5-9,11,13-14,19-20,22-23H,2,4,10,12H2,1,3H3. The van der Waals surface area contributed by atoms with Crippen molar-refractivity contribution in [3.8, 4) is 5.75 Å². The van der Waals surface area contributed by atoms with Gasteiger partial charge in [0.1, 0.15) is 5.75 Å². The number of aliphatic hydroxyl groups excluding tert-OH is 1. The third kappa shape index (κ3) is 3.17. The van der Waals surface area contributed by atoms with Gasteiger partial charge in [-0.05, 0) is 48.1 Å². The molecule has 3 rings (SSSR count). The van der Waals surface area contributed by atoms with Crippen LogP contribution in [0.1, 0.15) is 31.4 Å². The van der Waals surface area contributed by atoms with Gasteiger partial charge in [-0.1, -0.05) is 19.4 Å². The smallest absolute Gasteiger partial charge is 0.119 e. The van der Waals surface area contributed by atoms with Crippen LogP contribution in [0.15, 0.2) is 43.1 Å². The molecule has 0 spiro atoms. The van der Waals surface area contributed by atoms with Gasteiger partial charge in [0.05, 0.1) is 18.7 Å². The van der Waals surface area contributed by atoms with Crippen molar-refractivity contribution in [1.29, 1.82) is 0 Å². The molecular formula is C20H26N2O2. The first-order chi connectivity index (χ1) is 11.7. The summed E-state index contributed by atoms with van der Waals surface area (Å²) in [6.45, 7) is 7.03. The Hall–Kier alpha value is -1.91. The SMILES string of the molecule is C=CC1CNC(C(O)c2ccnc3ccc(OC)cc23)CC1CC. The molecule has 2 N–H and O–H groups in total. The van der Waals surface area contributed by atoms with Crippen molar-refractivity contribution in [3.63, 3.8) is 0 Å². The van der Waals surface area contributed by atoms with Crippen LogP contribution in [0.25, 0.3) is 10.9 Å². The molecular weight excluding hydrogens is 300 g/mol. The number of rotatable bonds is 5. The van der Waals surface area contributed by atoms with Gasteiger partial charge in [-0.25, -0.2) is 0 Å². The number of methoxy groups -OCH3 is 1. The Bertz CT molecular complexity index is 716. The van der Waals surface area contributed by atoms with Crippen LogP contribution in [-0.4, -0.2) is 29.8 Å². The van der Waals surface area contributed by atoms with Gasteiger partial charge >= 0.3 is 0 Å². The fourth-order valence-corrected chi connectivity index (χ4v) is 3.77. The summed E-state index contributed by atoms with van der Waals surface area (Å²) in [5.41, 5.74) is 1.78. The number of ether oxygens (including phenoxy) is 1. The molecule has 1 aliphatic heterocycles. The molecule has 0 amide bonds. The van der Waals surface area contributed by atoms with Crippen molar-refractivity contribution in [2.24, 2.45) is 11.8 Å². The maximum Gasteiger partial charge on any atom is 0.119 e. The molecule has 4 unspecified atom stereocenters. The zero-order valence-corrected chi connectivity index (χ0v) is 14.4. The Morgan fingerprint density at radius 2 is 2.29 bits per heavy atom. The third-order valence-electron chi connectivity index (χ3n) is 5.29. The highest BCUT2D eigenvalue weighted by Crippen LogP contribution is 2.34. The second kappa shape index (κ2) is 7.32. The van der Waals surface area contributed by atoms with E-state index >= 15 is 0 Å². The van der Waals surface area contributed by atoms with Crippen molar-refractivity contribution < 1.29 is 9.84 Å². The molecule has 1 aromatic carbocycles. The van der Waals surface area contributed by atoms with Crippen molar-refractivity contribution >= 4 is 10.9 Å². The van der Waals surface area contributed by atoms with E-state index in [-0.39, 0.29) is 6.04 Å². The minimum Gasteiger partial charge on any atom is -0.497 e. The fourth-order valence-electron chi connectivity index (χ4n) is 3.77. The van der Waals surface area contributed by atoms with E-state index in [0.717, 1.165) is 41.6 Å². The molecule has 24 heavy (non-hydrogen) atoms. The Morgan fingerprint density at radius 3 is 3.00 bits per heavy atom. The lowest BCUT2D eigenvalue weighted by molar-refractivity contribution is 0.0874. The van der Waals surface area contributed by atoms with E-state index in [4.69, 9.17) is 4.74 Å². The number of hydrogen-bond donors (Lipinski definition) is 2. The number of piperidine rings is 1. The van der Waals surface area contributed by atoms with E-state index in [0.29, 0.717) is 11.8 Å². The van der Waals surface area contributed by atoms with Crippen molar-refractivity contribution in [2.75, 3.05) is 13.7 Å². The molecule has 0 saturated carbocycles. The van der Waals surface area contributed by atoms with Crippen LogP contribution < -0.4 is 10.1 Å². The second-order valence-corrected chi connectivity index (χ2v) is 6.55. The first kappa shape index (κ1) is 16.9. The van der Waals surface area contributed by atoms with Crippen LogP contribution in [-0.2, 0) is 0 Å². The average Bonchev–Trinajstić information content (AvgIpc) is 2.65. The van der Waals surface area contributed by atoms with Crippen LogP contribution in [0.3, 0.4) is 0 Å². The fraction of sp³-hybridized carbons (Fsp3) is 0.450. The number of nitrogens with one attached hydrogen (secondary N) is 1. The molecule has 1 fully saturated rings. The number of aliphatic hydroxyl groups is 1. The highest BCUT2D eigenvalue weighted by Gasteiger charge is 2.32. The van der Waals surface area contributed by atoms with Crippen LogP contribution in [0.4, 0.5) is 0 Å². The van der Waals surface area contributed by atoms with Crippen LogP contribution in [0.5, 0.6) is 5.75 Å². The highest BCUT2D eigenvalue weighted by atomic mass is 16.5. The van der Waals surface area contributed by atoms with Crippen molar-refractivity contribution in [3.05, 3.63) is 48.7 Å². The van der Waals surface area contributed by atoms with E-state index in [2.05, 4.69) is 23.8 Å². The lowest BCUT2D eigenvalue weighted by Crippen LogP contribution is -2.46. The molecule has 4 atom stereocenters. The topological polar surface area (TPSA) is 54.4 Å². The van der Waals surface area contributed by atoms with Crippen LogP contribution >= 0.6 is 0 Å². The maximum absolute atomic E-state index is 11.0. The Kier molecular flexibility index (Phi) is 5.17. The molecule has 1 aromatic heterocycles. The van der Waals surface area contributed by atoms with E-state index in [9.17, 15) is 5.11 Å². The summed E-state index contributed by atoms with van der Waals surface area (Å²) in [6.07, 6.45) is 5.29. The van der Waals surface area contributed by atoms with Gasteiger partial charge in [-0.3, -0.25) is 4.98 Å². The summed E-state index contributed by atoms with van der Waals surface area (Å²) < 4.78 is 5.33. The lowest BCUT2D eigenvalue weighted by atomic mass is 9.79. The predicted molar refractivity (Wildman–Crippen MR) is 97.1 cm³/mol. The summed E-state index contributed by atoms with van der Waals surface area (Å²) in [6, 6.07) is 7.73. The minimum atomic E-state index is -0.567. The van der Waals surface area contributed by atoms with Crippen molar-refractivity contribution in [1.82, 2.24) is 10.3 Å². The van der Waals surface area contributed by atoms with E-state index in [1.165, 1.54) is 0 Å². The molecule has 128 valence electrons. The van der Waals surface area contributed by atoms with E-state index in [1.54, 1.807) is 13.3 Å². The van der Waals surface area contributed by atoms with E-state index in [1.807, 2.05) is 30.3 Å². The molecule has 2 heterocycles. The number of pyridine rings is 1. The summed E-state index contributed by atoms with van der Waals surface area (Å²) in [5.74, 6) is 1.82. The van der Waals surface area contributed by atoms with Gasteiger partial charge in [-0.2, -0.15) is 0 Å². The van der Waals surface area contributed by atoms with Crippen LogP contribution in [0.2, 0.25) is 0 Å². The first-order valence-corrected chi connectivity index (χ1v) is 8.64. The van der Waals surface area contributed by atoms with Gasteiger partial charge < -0.3 is 15.2 Å². The van der Waals surface area contributed by atoms with Crippen LogP contribution in [0, 0.1) is 11.8 Å². The zero-order chi connectivity index (χ0) is 17.1. The lowest BCUT2D eigenvalue weighted by Gasteiger charge is -2.37. The van der Waals surface area contributed by atoms with Gasteiger partial charge in [0, 0.05) is 24.2 Å². The summed E-state index contributed by atoms with van der Waals surface area (Å²) in [7, 11) is 1.65. The largest absolute Gasteiger partial charge is 0.497 e. The number of aromatic nitrogens is 1. The Balaban J connectivity index is 1.91. The van der Waals surface area contributed by atoms with Crippen molar-refractivity contribution in [2.45, 2.75) is 31.9 Å². The number of nitrogens with zero attached hydrogens (tertiary/aromatic N) is 1. The molecule has 1 saturated heterocycles.